The van der Waals surface area contributed by atoms with E-state index in [0.29, 0.717) is 11.6 Å². The van der Waals surface area contributed by atoms with E-state index in [-0.39, 0.29) is 0 Å². The number of nitrogens with zero attached hydrogens (tertiary/aromatic N) is 1. The van der Waals surface area contributed by atoms with E-state index >= 15 is 0 Å². The first-order chi connectivity index (χ1) is 10.1. The Hall–Kier alpha value is -2.07. The molecule has 0 heterocycles. The van der Waals surface area contributed by atoms with Gasteiger partial charge in [-0.05, 0) is 31.2 Å². The molecule has 0 aliphatic carbocycles. The number of hydrogen-bond acceptors (Lipinski definition) is 3. The number of anilines is 1. The first-order valence-corrected chi connectivity index (χ1v) is 7.28. The summed E-state index contributed by atoms with van der Waals surface area (Å²) in [4.78, 5) is 2.51. The van der Waals surface area contributed by atoms with Gasteiger partial charge in [0.15, 0.2) is 0 Å². The Balaban J connectivity index is 1.92. The number of benzene rings is 2. The molecule has 0 bridgehead atoms. The van der Waals surface area contributed by atoms with Gasteiger partial charge in [-0.15, -0.1) is 0 Å². The summed E-state index contributed by atoms with van der Waals surface area (Å²) >= 11 is 5.03. The Bertz CT molecular complexity index is 610. The van der Waals surface area contributed by atoms with Crippen molar-refractivity contribution in [3.8, 4) is 5.75 Å². The van der Waals surface area contributed by atoms with E-state index in [0.717, 1.165) is 17.9 Å². The maximum absolute atomic E-state index is 5.81. The molecule has 0 radical (unpaired) electrons. The van der Waals surface area contributed by atoms with Crippen LogP contribution in [0, 0.1) is 6.92 Å². The van der Waals surface area contributed by atoms with Gasteiger partial charge in [-0.1, -0.05) is 42.0 Å². The molecule has 0 unspecified atom stereocenters. The number of ether oxygens (including phenoxy) is 1. The van der Waals surface area contributed by atoms with Gasteiger partial charge in [-0.3, -0.25) is 0 Å². The fraction of sp³-hybridized carbons (Fsp3) is 0.235. The summed E-state index contributed by atoms with van der Waals surface area (Å²) in [5.41, 5.74) is 8.91. The van der Waals surface area contributed by atoms with Gasteiger partial charge in [0.25, 0.3) is 0 Å². The first-order valence-electron chi connectivity index (χ1n) is 6.87. The molecule has 0 aliphatic rings. The van der Waals surface area contributed by atoms with Crippen LogP contribution in [0.3, 0.4) is 0 Å². The smallest absolute Gasteiger partial charge is 0.129 e. The van der Waals surface area contributed by atoms with Gasteiger partial charge < -0.3 is 15.4 Å². The maximum Gasteiger partial charge on any atom is 0.129 e. The third-order valence-electron chi connectivity index (χ3n) is 3.31. The Labute approximate surface area is 131 Å². The molecule has 0 spiro atoms. The van der Waals surface area contributed by atoms with Crippen LogP contribution in [0.2, 0.25) is 0 Å². The molecule has 0 atom stereocenters. The molecule has 4 heteroatoms. The van der Waals surface area contributed by atoms with E-state index in [1.807, 2.05) is 31.3 Å². The molecular formula is C17H20N2OS. The SMILES string of the molecule is Cc1ccc(N(C)CCOc2ccccc2C(N)=S)cc1. The third kappa shape index (κ3) is 4.20. The molecule has 21 heavy (non-hydrogen) atoms. The summed E-state index contributed by atoms with van der Waals surface area (Å²) in [5, 5.41) is 0. The molecule has 110 valence electrons. The number of para-hydroxylation sites is 1. The van der Waals surface area contributed by atoms with Crippen molar-refractivity contribution in [2.45, 2.75) is 6.92 Å². The van der Waals surface area contributed by atoms with Crippen molar-refractivity contribution in [2.75, 3.05) is 25.1 Å². The van der Waals surface area contributed by atoms with Crippen LogP contribution in [0.25, 0.3) is 0 Å². The van der Waals surface area contributed by atoms with Gasteiger partial charge >= 0.3 is 0 Å². The zero-order chi connectivity index (χ0) is 15.2. The van der Waals surface area contributed by atoms with Crippen molar-refractivity contribution in [1.82, 2.24) is 0 Å². The van der Waals surface area contributed by atoms with E-state index in [2.05, 4.69) is 36.1 Å². The summed E-state index contributed by atoms with van der Waals surface area (Å²) < 4.78 is 5.81. The number of thiocarbonyl (C=S) groups is 1. The monoisotopic (exact) mass is 300 g/mol. The van der Waals surface area contributed by atoms with Crippen LogP contribution in [0.5, 0.6) is 5.75 Å². The van der Waals surface area contributed by atoms with Crippen LogP contribution in [-0.2, 0) is 0 Å². The van der Waals surface area contributed by atoms with Crippen LogP contribution in [0.4, 0.5) is 5.69 Å². The maximum atomic E-state index is 5.81. The van der Waals surface area contributed by atoms with Crippen molar-refractivity contribution in [3.63, 3.8) is 0 Å². The molecule has 0 amide bonds. The molecule has 0 aliphatic heterocycles. The van der Waals surface area contributed by atoms with E-state index in [1.165, 1.54) is 11.3 Å². The Morgan fingerprint density at radius 1 is 1.14 bits per heavy atom. The average Bonchev–Trinajstić information content (AvgIpc) is 2.48. The van der Waals surface area contributed by atoms with Gasteiger partial charge in [-0.25, -0.2) is 0 Å². The predicted octanol–water partition coefficient (Wildman–Crippen LogP) is 3.14. The first kappa shape index (κ1) is 15.3. The Morgan fingerprint density at radius 2 is 1.81 bits per heavy atom. The van der Waals surface area contributed by atoms with E-state index in [4.69, 9.17) is 22.7 Å². The molecule has 2 rings (SSSR count). The molecule has 0 saturated heterocycles. The molecule has 0 fully saturated rings. The van der Waals surface area contributed by atoms with Crippen molar-refractivity contribution in [3.05, 3.63) is 59.7 Å². The highest BCUT2D eigenvalue weighted by atomic mass is 32.1. The highest BCUT2D eigenvalue weighted by Gasteiger charge is 2.06. The average molecular weight is 300 g/mol. The molecule has 0 saturated carbocycles. The van der Waals surface area contributed by atoms with Crippen molar-refractivity contribution in [1.29, 1.82) is 0 Å². The van der Waals surface area contributed by atoms with Crippen LogP contribution in [0.15, 0.2) is 48.5 Å². The highest BCUT2D eigenvalue weighted by molar-refractivity contribution is 7.80. The topological polar surface area (TPSA) is 38.5 Å². The third-order valence-corrected chi connectivity index (χ3v) is 3.53. The Morgan fingerprint density at radius 3 is 2.48 bits per heavy atom. The summed E-state index contributed by atoms with van der Waals surface area (Å²) in [6.45, 7) is 3.44. The zero-order valence-electron chi connectivity index (χ0n) is 12.4. The zero-order valence-corrected chi connectivity index (χ0v) is 13.2. The van der Waals surface area contributed by atoms with Crippen molar-refractivity contribution >= 4 is 22.9 Å². The van der Waals surface area contributed by atoms with E-state index in [1.54, 1.807) is 0 Å². The van der Waals surface area contributed by atoms with Crippen LogP contribution in [0.1, 0.15) is 11.1 Å². The second kappa shape index (κ2) is 7.09. The van der Waals surface area contributed by atoms with Gasteiger partial charge in [0, 0.05) is 12.7 Å². The quantitative estimate of drug-likeness (QED) is 0.832. The van der Waals surface area contributed by atoms with Gasteiger partial charge in [-0.2, -0.15) is 0 Å². The van der Waals surface area contributed by atoms with Crippen molar-refractivity contribution in [2.24, 2.45) is 5.73 Å². The fourth-order valence-corrected chi connectivity index (χ4v) is 2.19. The van der Waals surface area contributed by atoms with Crippen LogP contribution in [-0.4, -0.2) is 25.2 Å². The summed E-state index contributed by atoms with van der Waals surface area (Å²) in [6.07, 6.45) is 0. The number of likely N-dealkylation sites (N-methyl/N-ethyl adjacent to an activating group) is 1. The molecule has 2 aromatic carbocycles. The summed E-state index contributed by atoms with van der Waals surface area (Å²) in [5.74, 6) is 0.738. The van der Waals surface area contributed by atoms with Gasteiger partial charge in [0.2, 0.25) is 0 Å². The summed E-state index contributed by atoms with van der Waals surface area (Å²) in [6, 6.07) is 16.0. The number of nitrogens with two attached hydrogens (primary N) is 1. The highest BCUT2D eigenvalue weighted by Crippen LogP contribution is 2.18. The second-order valence-corrected chi connectivity index (χ2v) is 5.41. The lowest BCUT2D eigenvalue weighted by Crippen LogP contribution is -2.24. The number of hydrogen-bond donors (Lipinski definition) is 1. The molecule has 2 aromatic rings. The Kier molecular flexibility index (Phi) is 5.17. The second-order valence-electron chi connectivity index (χ2n) is 4.97. The lowest BCUT2D eigenvalue weighted by molar-refractivity contribution is 0.325. The van der Waals surface area contributed by atoms with Crippen molar-refractivity contribution < 1.29 is 4.74 Å². The minimum absolute atomic E-state index is 0.359. The minimum atomic E-state index is 0.359. The number of aryl methyl sites for hydroxylation is 1. The fourth-order valence-electron chi connectivity index (χ4n) is 2.02. The standard InChI is InChI=1S/C17H20N2OS/c1-13-7-9-14(10-8-13)19(2)11-12-20-16-6-4-3-5-15(16)17(18)21/h3-10H,11-12H2,1-2H3,(H2,18,21). The lowest BCUT2D eigenvalue weighted by Gasteiger charge is -2.20. The molecule has 3 nitrogen and oxygen atoms in total. The van der Waals surface area contributed by atoms with Gasteiger partial charge in [0.1, 0.15) is 17.3 Å². The van der Waals surface area contributed by atoms with E-state index in [9.17, 15) is 0 Å². The van der Waals surface area contributed by atoms with E-state index < -0.39 is 0 Å². The minimum Gasteiger partial charge on any atom is -0.491 e. The largest absolute Gasteiger partial charge is 0.491 e. The van der Waals surface area contributed by atoms with Crippen LogP contribution < -0.4 is 15.4 Å². The normalized spacial score (nSPS) is 10.2. The number of rotatable bonds is 6. The van der Waals surface area contributed by atoms with Gasteiger partial charge in [0.05, 0.1) is 12.1 Å². The predicted molar refractivity (Wildman–Crippen MR) is 92.3 cm³/mol. The molecule has 0 aromatic heterocycles. The molecule has 2 N–H and O–H groups in total. The summed E-state index contributed by atoms with van der Waals surface area (Å²) in [7, 11) is 2.05. The lowest BCUT2D eigenvalue weighted by atomic mass is 10.2. The molecular weight excluding hydrogens is 280 g/mol. The van der Waals surface area contributed by atoms with Crippen LogP contribution >= 0.6 is 12.2 Å².